The van der Waals surface area contributed by atoms with Crippen LogP contribution in [0.15, 0.2) is 47.4 Å². The van der Waals surface area contributed by atoms with Crippen LogP contribution in [0.1, 0.15) is 5.56 Å². The summed E-state index contributed by atoms with van der Waals surface area (Å²) in [4.78, 5) is 12.2. The predicted molar refractivity (Wildman–Crippen MR) is 101 cm³/mol. The van der Waals surface area contributed by atoms with Crippen molar-refractivity contribution < 1.29 is 27.1 Å². The molecule has 0 aromatic heterocycles. The first-order chi connectivity index (χ1) is 13.4. The Morgan fingerprint density at radius 1 is 1.21 bits per heavy atom. The zero-order valence-corrected chi connectivity index (χ0v) is 16.2. The molecular weight excluding hydrogens is 387 g/mol. The van der Waals surface area contributed by atoms with Crippen LogP contribution in [0, 0.1) is 5.82 Å². The fourth-order valence-corrected chi connectivity index (χ4v) is 4.51. The van der Waals surface area contributed by atoms with Crippen molar-refractivity contribution in [3.63, 3.8) is 0 Å². The number of amides is 1. The van der Waals surface area contributed by atoms with Crippen LogP contribution in [-0.4, -0.2) is 52.0 Å². The third-order valence-electron chi connectivity index (χ3n) is 4.29. The van der Waals surface area contributed by atoms with Crippen LogP contribution >= 0.6 is 0 Å². The molecule has 0 aliphatic carbocycles. The van der Waals surface area contributed by atoms with E-state index in [2.05, 4.69) is 5.32 Å². The molecule has 1 aliphatic heterocycles. The molecule has 7 nitrogen and oxygen atoms in total. The lowest BCUT2D eigenvalue weighted by Crippen LogP contribution is -2.40. The summed E-state index contributed by atoms with van der Waals surface area (Å²) >= 11 is 0. The molecule has 1 aliphatic rings. The number of nitrogens with zero attached hydrogens (tertiary/aromatic N) is 1. The van der Waals surface area contributed by atoms with Gasteiger partial charge in [-0.2, -0.15) is 4.31 Å². The van der Waals surface area contributed by atoms with Crippen LogP contribution in [0.4, 0.5) is 10.1 Å². The average Bonchev–Trinajstić information content (AvgIpc) is 2.68. The molecule has 150 valence electrons. The monoisotopic (exact) mass is 408 g/mol. The Bertz CT molecular complexity index is 959. The van der Waals surface area contributed by atoms with E-state index in [1.165, 1.54) is 41.7 Å². The van der Waals surface area contributed by atoms with Gasteiger partial charge in [0.05, 0.1) is 26.7 Å². The Kier molecular flexibility index (Phi) is 6.28. The number of halogens is 1. The van der Waals surface area contributed by atoms with Gasteiger partial charge in [-0.1, -0.05) is 12.1 Å². The number of benzene rings is 2. The summed E-state index contributed by atoms with van der Waals surface area (Å²) in [5.41, 5.74) is 0.834. The van der Waals surface area contributed by atoms with E-state index in [1.807, 2.05) is 0 Å². The standard InChI is InChI=1S/C19H21FN2O5S/c1-26-17-6-5-16(21-19(23)12-14-3-2-4-15(20)11-14)13-18(17)28(24,25)22-7-9-27-10-8-22/h2-6,11,13H,7-10,12H2,1H3,(H,21,23). The van der Waals surface area contributed by atoms with Crippen LogP contribution in [0.5, 0.6) is 5.75 Å². The Labute approximate surface area is 163 Å². The van der Waals surface area contributed by atoms with E-state index >= 15 is 0 Å². The van der Waals surface area contributed by atoms with E-state index in [-0.39, 0.29) is 36.1 Å². The number of methoxy groups -OCH3 is 1. The Morgan fingerprint density at radius 2 is 1.96 bits per heavy atom. The number of carbonyl (C=O) groups excluding carboxylic acids is 1. The lowest BCUT2D eigenvalue weighted by Gasteiger charge is -2.26. The number of hydrogen-bond acceptors (Lipinski definition) is 5. The van der Waals surface area contributed by atoms with E-state index in [1.54, 1.807) is 12.1 Å². The quantitative estimate of drug-likeness (QED) is 0.791. The number of anilines is 1. The Morgan fingerprint density at radius 3 is 2.64 bits per heavy atom. The van der Waals surface area contributed by atoms with Crippen molar-refractivity contribution in [2.24, 2.45) is 0 Å². The summed E-state index contributed by atoms with van der Waals surface area (Å²) in [5.74, 6) is -0.617. The molecule has 1 N–H and O–H groups in total. The van der Waals surface area contributed by atoms with Crippen LogP contribution in [-0.2, 0) is 26.0 Å². The Hall–Kier alpha value is -2.49. The number of morpholine rings is 1. The summed E-state index contributed by atoms with van der Waals surface area (Å²) in [6, 6.07) is 10.2. The molecule has 9 heteroatoms. The maximum atomic E-state index is 13.3. The van der Waals surface area contributed by atoms with Crippen molar-refractivity contribution in [3.05, 3.63) is 53.8 Å². The summed E-state index contributed by atoms with van der Waals surface area (Å²) in [7, 11) is -2.42. The minimum Gasteiger partial charge on any atom is -0.495 e. The fourth-order valence-electron chi connectivity index (χ4n) is 2.92. The second-order valence-electron chi connectivity index (χ2n) is 6.24. The highest BCUT2D eigenvalue weighted by molar-refractivity contribution is 7.89. The van der Waals surface area contributed by atoms with Crippen molar-refractivity contribution in [1.82, 2.24) is 4.31 Å². The minimum absolute atomic E-state index is 0.0274. The highest BCUT2D eigenvalue weighted by Gasteiger charge is 2.29. The van der Waals surface area contributed by atoms with Gasteiger partial charge in [0.1, 0.15) is 16.5 Å². The summed E-state index contributed by atoms with van der Waals surface area (Å²) in [6.45, 7) is 1.15. The third-order valence-corrected chi connectivity index (χ3v) is 6.21. The predicted octanol–water partition coefficient (Wildman–Crippen LogP) is 2.04. The molecule has 1 amide bonds. The van der Waals surface area contributed by atoms with Crippen LogP contribution in [0.3, 0.4) is 0 Å². The molecule has 0 bridgehead atoms. The van der Waals surface area contributed by atoms with Crippen molar-refractivity contribution in [2.75, 3.05) is 38.7 Å². The number of ether oxygens (including phenoxy) is 2. The van der Waals surface area contributed by atoms with E-state index in [4.69, 9.17) is 9.47 Å². The molecule has 0 radical (unpaired) electrons. The average molecular weight is 408 g/mol. The second kappa shape index (κ2) is 8.68. The van der Waals surface area contributed by atoms with Gasteiger partial charge in [0.15, 0.2) is 0 Å². The molecule has 0 saturated carbocycles. The van der Waals surface area contributed by atoms with Crippen LogP contribution in [0.2, 0.25) is 0 Å². The van der Waals surface area contributed by atoms with Gasteiger partial charge in [-0.25, -0.2) is 12.8 Å². The van der Waals surface area contributed by atoms with Crippen molar-refractivity contribution in [2.45, 2.75) is 11.3 Å². The molecule has 0 atom stereocenters. The molecule has 1 fully saturated rings. The molecule has 3 rings (SSSR count). The van der Waals surface area contributed by atoms with Gasteiger partial charge in [0.25, 0.3) is 0 Å². The summed E-state index contributed by atoms with van der Waals surface area (Å²) in [6.07, 6.45) is -0.0324. The number of nitrogens with one attached hydrogen (secondary N) is 1. The fraction of sp³-hybridized carbons (Fsp3) is 0.316. The smallest absolute Gasteiger partial charge is 0.246 e. The number of sulfonamides is 1. The minimum atomic E-state index is -3.80. The van der Waals surface area contributed by atoms with Crippen molar-refractivity contribution in [3.8, 4) is 5.75 Å². The maximum absolute atomic E-state index is 13.3. The zero-order chi connectivity index (χ0) is 20.1. The number of rotatable bonds is 6. The van der Waals surface area contributed by atoms with Crippen molar-refractivity contribution in [1.29, 1.82) is 0 Å². The van der Waals surface area contributed by atoms with Gasteiger partial charge >= 0.3 is 0 Å². The first-order valence-corrected chi connectivity index (χ1v) is 10.1. The van der Waals surface area contributed by atoms with Gasteiger partial charge in [0, 0.05) is 18.8 Å². The van der Waals surface area contributed by atoms with E-state index in [9.17, 15) is 17.6 Å². The van der Waals surface area contributed by atoms with Gasteiger partial charge in [-0.05, 0) is 35.9 Å². The van der Waals surface area contributed by atoms with Gasteiger partial charge in [-0.15, -0.1) is 0 Å². The molecule has 1 heterocycles. The first-order valence-electron chi connectivity index (χ1n) is 8.70. The highest BCUT2D eigenvalue weighted by Crippen LogP contribution is 2.30. The molecular formula is C19H21FN2O5S. The molecule has 1 saturated heterocycles. The molecule has 2 aromatic rings. The molecule has 0 unspecified atom stereocenters. The lowest BCUT2D eigenvalue weighted by molar-refractivity contribution is -0.115. The first kappa shape index (κ1) is 20.2. The number of carbonyl (C=O) groups is 1. The zero-order valence-electron chi connectivity index (χ0n) is 15.4. The SMILES string of the molecule is COc1ccc(NC(=O)Cc2cccc(F)c2)cc1S(=O)(=O)N1CCOCC1. The van der Waals surface area contributed by atoms with Gasteiger partial charge in [0.2, 0.25) is 15.9 Å². The highest BCUT2D eigenvalue weighted by atomic mass is 32.2. The van der Waals surface area contributed by atoms with Crippen LogP contribution < -0.4 is 10.1 Å². The summed E-state index contributed by atoms with van der Waals surface area (Å²) < 4.78 is 50.9. The largest absolute Gasteiger partial charge is 0.495 e. The lowest BCUT2D eigenvalue weighted by atomic mass is 10.1. The number of hydrogen-bond donors (Lipinski definition) is 1. The van der Waals surface area contributed by atoms with Crippen LogP contribution in [0.25, 0.3) is 0 Å². The van der Waals surface area contributed by atoms with Gasteiger partial charge in [-0.3, -0.25) is 4.79 Å². The molecule has 28 heavy (non-hydrogen) atoms. The normalized spacial score (nSPS) is 15.2. The van der Waals surface area contributed by atoms with E-state index in [0.717, 1.165) is 0 Å². The summed E-state index contributed by atoms with van der Waals surface area (Å²) in [5, 5.41) is 2.65. The van der Waals surface area contributed by atoms with Crippen molar-refractivity contribution >= 4 is 21.6 Å². The second-order valence-corrected chi connectivity index (χ2v) is 8.14. The van der Waals surface area contributed by atoms with E-state index < -0.39 is 15.8 Å². The molecule has 0 spiro atoms. The van der Waals surface area contributed by atoms with Gasteiger partial charge < -0.3 is 14.8 Å². The third kappa shape index (κ3) is 4.67. The topological polar surface area (TPSA) is 84.9 Å². The maximum Gasteiger partial charge on any atom is 0.246 e. The Balaban J connectivity index is 1.81. The molecule has 2 aromatic carbocycles. The van der Waals surface area contributed by atoms with E-state index in [0.29, 0.717) is 24.5 Å².